The largest absolute Gasteiger partial charge is 0.497 e. The van der Waals surface area contributed by atoms with Crippen molar-refractivity contribution in [2.45, 2.75) is 12.6 Å². The molecule has 1 heterocycles. The molecule has 0 fully saturated rings. The summed E-state index contributed by atoms with van der Waals surface area (Å²) in [7, 11) is 3.21. The van der Waals surface area contributed by atoms with Crippen LogP contribution in [-0.4, -0.2) is 36.5 Å². The quantitative estimate of drug-likeness (QED) is 0.389. The Labute approximate surface area is 184 Å². The van der Waals surface area contributed by atoms with Crippen LogP contribution in [0.25, 0.3) is 21.8 Å². The first kappa shape index (κ1) is 20.7. The Hall–Kier alpha value is -2.60. The number of hydrogen-bond donors (Lipinski definition) is 2. The fourth-order valence-electron chi connectivity index (χ4n) is 3.69. The van der Waals surface area contributed by atoms with Crippen LogP contribution in [0.5, 0.6) is 11.5 Å². The van der Waals surface area contributed by atoms with Crippen LogP contribution >= 0.6 is 23.2 Å². The van der Waals surface area contributed by atoms with Crippen LogP contribution in [0.1, 0.15) is 0 Å². The standard InChI is InChI=1S/C23H22Cl2N2O3/c1-29-17-5-6-20(23(11-17)30-2)26-12-16(28)13-27-21-7-3-14(24)9-18(21)19-10-15(25)4-8-22(19)27/h3-11,16,26,28H,12-13H2,1-2H3. The number of methoxy groups -OCH3 is 2. The second kappa shape index (κ2) is 8.64. The molecular formula is C23H22Cl2N2O3. The minimum Gasteiger partial charge on any atom is -0.497 e. The van der Waals surface area contributed by atoms with Gasteiger partial charge >= 0.3 is 0 Å². The van der Waals surface area contributed by atoms with Crippen molar-refractivity contribution in [1.82, 2.24) is 4.57 Å². The van der Waals surface area contributed by atoms with E-state index in [2.05, 4.69) is 9.88 Å². The van der Waals surface area contributed by atoms with Crippen LogP contribution in [-0.2, 0) is 6.54 Å². The minimum absolute atomic E-state index is 0.352. The van der Waals surface area contributed by atoms with Crippen molar-refractivity contribution in [2.24, 2.45) is 0 Å². The molecule has 7 heteroatoms. The molecule has 3 aromatic carbocycles. The monoisotopic (exact) mass is 444 g/mol. The van der Waals surface area contributed by atoms with Crippen molar-refractivity contribution < 1.29 is 14.6 Å². The lowest BCUT2D eigenvalue weighted by Gasteiger charge is -2.17. The van der Waals surface area contributed by atoms with Gasteiger partial charge in [-0.1, -0.05) is 23.2 Å². The van der Waals surface area contributed by atoms with Gasteiger partial charge in [0.15, 0.2) is 0 Å². The highest BCUT2D eigenvalue weighted by molar-refractivity contribution is 6.33. The number of aliphatic hydroxyl groups excluding tert-OH is 1. The van der Waals surface area contributed by atoms with E-state index in [0.717, 1.165) is 27.5 Å². The van der Waals surface area contributed by atoms with Crippen LogP contribution in [0.2, 0.25) is 10.0 Å². The summed E-state index contributed by atoms with van der Waals surface area (Å²) in [4.78, 5) is 0. The normalized spacial score (nSPS) is 12.3. The molecule has 2 N–H and O–H groups in total. The molecule has 4 aromatic rings. The molecule has 30 heavy (non-hydrogen) atoms. The van der Waals surface area contributed by atoms with Gasteiger partial charge < -0.3 is 24.5 Å². The van der Waals surface area contributed by atoms with E-state index >= 15 is 0 Å². The number of anilines is 1. The third kappa shape index (κ3) is 4.01. The maximum Gasteiger partial charge on any atom is 0.145 e. The zero-order valence-corrected chi connectivity index (χ0v) is 18.2. The van der Waals surface area contributed by atoms with Gasteiger partial charge in [-0.25, -0.2) is 0 Å². The molecule has 1 atom stereocenters. The van der Waals surface area contributed by atoms with E-state index in [4.69, 9.17) is 32.7 Å². The van der Waals surface area contributed by atoms with E-state index in [1.807, 2.05) is 48.5 Å². The topological polar surface area (TPSA) is 55.6 Å². The van der Waals surface area contributed by atoms with Crippen LogP contribution in [0, 0.1) is 0 Å². The predicted molar refractivity (Wildman–Crippen MR) is 124 cm³/mol. The Bertz CT molecular complexity index is 1150. The summed E-state index contributed by atoms with van der Waals surface area (Å²) in [6.45, 7) is 0.764. The predicted octanol–water partition coefficient (Wildman–Crippen LogP) is 5.59. The van der Waals surface area contributed by atoms with E-state index in [0.29, 0.717) is 34.6 Å². The lowest BCUT2D eigenvalue weighted by Crippen LogP contribution is -2.25. The van der Waals surface area contributed by atoms with E-state index in [1.165, 1.54) is 0 Å². The molecule has 5 nitrogen and oxygen atoms in total. The third-order valence-electron chi connectivity index (χ3n) is 5.12. The number of nitrogens with one attached hydrogen (secondary N) is 1. The van der Waals surface area contributed by atoms with Crippen molar-refractivity contribution >= 4 is 50.7 Å². The maximum absolute atomic E-state index is 10.8. The van der Waals surface area contributed by atoms with Crippen LogP contribution in [0.15, 0.2) is 54.6 Å². The maximum atomic E-state index is 10.8. The summed E-state index contributed by atoms with van der Waals surface area (Å²) in [6.07, 6.45) is -0.637. The van der Waals surface area contributed by atoms with Crippen LogP contribution in [0.3, 0.4) is 0 Å². The smallest absolute Gasteiger partial charge is 0.145 e. The highest BCUT2D eigenvalue weighted by atomic mass is 35.5. The third-order valence-corrected chi connectivity index (χ3v) is 5.59. The molecule has 156 valence electrons. The Morgan fingerprint density at radius 1 is 0.900 bits per heavy atom. The fourth-order valence-corrected chi connectivity index (χ4v) is 4.04. The van der Waals surface area contributed by atoms with Gasteiger partial charge in [-0.15, -0.1) is 0 Å². The second-order valence-corrected chi connectivity index (χ2v) is 7.91. The molecule has 0 bridgehead atoms. The van der Waals surface area contributed by atoms with Crippen LogP contribution in [0.4, 0.5) is 5.69 Å². The molecule has 0 aliphatic heterocycles. The average Bonchev–Trinajstić information content (AvgIpc) is 3.04. The number of ether oxygens (including phenoxy) is 2. The molecule has 0 saturated heterocycles. The summed E-state index contributed by atoms with van der Waals surface area (Å²) in [5.74, 6) is 1.36. The van der Waals surface area contributed by atoms with Gasteiger partial charge in [-0.2, -0.15) is 0 Å². The molecule has 0 aliphatic rings. The van der Waals surface area contributed by atoms with Gasteiger partial charge in [0.25, 0.3) is 0 Å². The summed E-state index contributed by atoms with van der Waals surface area (Å²) in [6, 6.07) is 17.0. The highest BCUT2D eigenvalue weighted by Crippen LogP contribution is 2.33. The van der Waals surface area contributed by atoms with Crippen molar-refractivity contribution in [3.05, 3.63) is 64.6 Å². The second-order valence-electron chi connectivity index (χ2n) is 7.03. The number of rotatable bonds is 7. The van der Waals surface area contributed by atoms with Crippen molar-refractivity contribution in [3.8, 4) is 11.5 Å². The molecule has 1 aromatic heterocycles. The van der Waals surface area contributed by atoms with Crippen molar-refractivity contribution in [2.75, 3.05) is 26.1 Å². The first-order valence-corrected chi connectivity index (χ1v) is 10.3. The average molecular weight is 445 g/mol. The summed E-state index contributed by atoms with van der Waals surface area (Å²) in [5, 5.41) is 17.4. The Balaban J connectivity index is 1.59. The number of nitrogens with zero attached hydrogens (tertiary/aromatic N) is 1. The van der Waals surface area contributed by atoms with E-state index in [-0.39, 0.29) is 0 Å². The molecule has 0 radical (unpaired) electrons. The summed E-state index contributed by atoms with van der Waals surface area (Å²) >= 11 is 12.4. The van der Waals surface area contributed by atoms with Gasteiger partial charge in [0.2, 0.25) is 0 Å². The summed E-state index contributed by atoms with van der Waals surface area (Å²) in [5.41, 5.74) is 2.79. The first-order chi connectivity index (χ1) is 14.5. The van der Waals surface area contributed by atoms with Gasteiger partial charge in [0.05, 0.1) is 32.6 Å². The van der Waals surface area contributed by atoms with Gasteiger partial charge in [-0.05, 0) is 48.5 Å². The molecule has 0 aliphatic carbocycles. The summed E-state index contributed by atoms with van der Waals surface area (Å²) < 4.78 is 12.7. The lowest BCUT2D eigenvalue weighted by atomic mass is 10.1. The lowest BCUT2D eigenvalue weighted by molar-refractivity contribution is 0.169. The Morgan fingerprint density at radius 3 is 2.10 bits per heavy atom. The zero-order valence-electron chi connectivity index (χ0n) is 16.7. The first-order valence-electron chi connectivity index (χ1n) is 9.51. The number of hydrogen-bond acceptors (Lipinski definition) is 4. The van der Waals surface area contributed by atoms with Crippen molar-refractivity contribution in [1.29, 1.82) is 0 Å². The number of fused-ring (bicyclic) bond motifs is 3. The SMILES string of the molecule is COc1ccc(NCC(O)Cn2c3ccc(Cl)cc3c3cc(Cl)ccc32)c(OC)c1. The van der Waals surface area contributed by atoms with Gasteiger partial charge in [0.1, 0.15) is 11.5 Å². The molecule has 4 rings (SSSR count). The molecule has 0 amide bonds. The molecule has 1 unspecified atom stereocenters. The van der Waals surface area contributed by atoms with E-state index < -0.39 is 6.10 Å². The van der Waals surface area contributed by atoms with E-state index in [1.54, 1.807) is 20.3 Å². The minimum atomic E-state index is -0.637. The zero-order chi connectivity index (χ0) is 21.3. The molecule has 0 saturated carbocycles. The number of aromatic nitrogens is 1. The number of halogens is 2. The van der Waals surface area contributed by atoms with Crippen LogP contribution < -0.4 is 14.8 Å². The molecule has 0 spiro atoms. The highest BCUT2D eigenvalue weighted by Gasteiger charge is 2.15. The van der Waals surface area contributed by atoms with Crippen molar-refractivity contribution in [3.63, 3.8) is 0 Å². The number of benzene rings is 3. The fraction of sp³-hybridized carbons (Fsp3) is 0.217. The van der Waals surface area contributed by atoms with E-state index in [9.17, 15) is 5.11 Å². The Morgan fingerprint density at radius 2 is 1.53 bits per heavy atom. The van der Waals surface area contributed by atoms with Gasteiger partial charge in [0, 0.05) is 44.5 Å². The number of aliphatic hydroxyl groups is 1. The van der Waals surface area contributed by atoms with Gasteiger partial charge in [-0.3, -0.25) is 0 Å². The molecular weight excluding hydrogens is 423 g/mol. The Kier molecular flexibility index (Phi) is 5.95.